The third-order valence-electron chi connectivity index (χ3n) is 4.74. The molecule has 4 rings (SSSR count). The Hall–Kier alpha value is -2.87. The quantitative estimate of drug-likeness (QED) is 0.702. The highest BCUT2D eigenvalue weighted by atomic mass is 16.5. The zero-order valence-corrected chi connectivity index (χ0v) is 15.5. The highest BCUT2D eigenvalue weighted by Gasteiger charge is 2.28. The minimum atomic E-state index is -0.137. The lowest BCUT2D eigenvalue weighted by atomic mass is 10.1. The molecule has 1 saturated heterocycles. The summed E-state index contributed by atoms with van der Waals surface area (Å²) < 4.78 is 7.70. The monoisotopic (exact) mass is 366 g/mol. The highest BCUT2D eigenvalue weighted by molar-refractivity contribution is 5.91. The van der Waals surface area contributed by atoms with E-state index in [1.54, 1.807) is 15.5 Å². The Kier molecular flexibility index (Phi) is 4.81. The van der Waals surface area contributed by atoms with E-state index in [4.69, 9.17) is 4.74 Å². The SMILES string of the molecule is Cc1cc(C)n2c(C(=O)N3CCCC(OCc4ccccn4)C3)nnc2n1. The van der Waals surface area contributed by atoms with Gasteiger partial charge < -0.3 is 9.64 Å². The van der Waals surface area contributed by atoms with Crippen molar-refractivity contribution in [3.63, 3.8) is 0 Å². The third kappa shape index (κ3) is 3.66. The van der Waals surface area contributed by atoms with Crippen molar-refractivity contribution >= 4 is 11.7 Å². The van der Waals surface area contributed by atoms with Crippen molar-refractivity contribution in [1.82, 2.24) is 29.5 Å². The van der Waals surface area contributed by atoms with Crippen LogP contribution in [0.5, 0.6) is 0 Å². The van der Waals surface area contributed by atoms with Crippen LogP contribution < -0.4 is 0 Å². The molecule has 1 atom stereocenters. The van der Waals surface area contributed by atoms with Crippen molar-refractivity contribution < 1.29 is 9.53 Å². The van der Waals surface area contributed by atoms with Crippen LogP contribution in [0.25, 0.3) is 5.78 Å². The van der Waals surface area contributed by atoms with Crippen molar-refractivity contribution in [3.8, 4) is 0 Å². The summed E-state index contributed by atoms with van der Waals surface area (Å²) in [5.41, 5.74) is 2.64. The second-order valence-corrected chi connectivity index (χ2v) is 6.85. The van der Waals surface area contributed by atoms with Crippen molar-refractivity contribution in [1.29, 1.82) is 0 Å². The molecule has 1 fully saturated rings. The van der Waals surface area contributed by atoms with E-state index >= 15 is 0 Å². The molecule has 0 aromatic carbocycles. The zero-order chi connectivity index (χ0) is 18.8. The minimum Gasteiger partial charge on any atom is -0.370 e. The first kappa shape index (κ1) is 17.5. The maximum atomic E-state index is 13.0. The summed E-state index contributed by atoms with van der Waals surface area (Å²) in [6, 6.07) is 7.68. The Labute approximate surface area is 157 Å². The number of nitrogens with zero attached hydrogens (tertiary/aromatic N) is 6. The van der Waals surface area contributed by atoms with Crippen LogP contribution in [0.1, 0.15) is 40.5 Å². The van der Waals surface area contributed by atoms with Gasteiger partial charge in [0.1, 0.15) is 0 Å². The molecule has 3 aromatic heterocycles. The lowest BCUT2D eigenvalue weighted by molar-refractivity contribution is -0.00822. The number of amides is 1. The number of carbonyl (C=O) groups excluding carboxylic acids is 1. The van der Waals surface area contributed by atoms with Crippen molar-refractivity contribution in [3.05, 3.63) is 53.4 Å². The molecule has 0 radical (unpaired) electrons. The topological polar surface area (TPSA) is 85.5 Å². The molecule has 0 saturated carbocycles. The maximum Gasteiger partial charge on any atom is 0.292 e. The predicted octanol–water partition coefficient (Wildman–Crippen LogP) is 1.96. The number of carbonyl (C=O) groups is 1. The summed E-state index contributed by atoms with van der Waals surface area (Å²) in [4.78, 5) is 23.5. The maximum absolute atomic E-state index is 13.0. The van der Waals surface area contributed by atoms with Gasteiger partial charge in [0.25, 0.3) is 11.7 Å². The van der Waals surface area contributed by atoms with Crippen LogP contribution in [0.4, 0.5) is 0 Å². The third-order valence-corrected chi connectivity index (χ3v) is 4.74. The van der Waals surface area contributed by atoms with Gasteiger partial charge >= 0.3 is 0 Å². The van der Waals surface area contributed by atoms with Crippen molar-refractivity contribution in [2.45, 2.75) is 39.4 Å². The van der Waals surface area contributed by atoms with Gasteiger partial charge in [0, 0.05) is 30.7 Å². The first-order chi connectivity index (χ1) is 13.1. The van der Waals surface area contributed by atoms with Gasteiger partial charge in [-0.15, -0.1) is 10.2 Å². The van der Waals surface area contributed by atoms with E-state index < -0.39 is 0 Å². The van der Waals surface area contributed by atoms with Crippen LogP contribution in [0.3, 0.4) is 0 Å². The number of fused-ring (bicyclic) bond motifs is 1. The van der Waals surface area contributed by atoms with Gasteiger partial charge in [-0.2, -0.15) is 0 Å². The fraction of sp³-hybridized carbons (Fsp3) is 0.421. The highest BCUT2D eigenvalue weighted by Crippen LogP contribution is 2.18. The van der Waals surface area contributed by atoms with E-state index in [-0.39, 0.29) is 12.0 Å². The van der Waals surface area contributed by atoms with Gasteiger partial charge in [-0.3, -0.25) is 14.2 Å². The molecule has 4 heterocycles. The predicted molar refractivity (Wildman–Crippen MR) is 98.2 cm³/mol. The van der Waals surface area contributed by atoms with Crippen LogP contribution in [-0.4, -0.2) is 54.6 Å². The Morgan fingerprint density at radius 2 is 2.19 bits per heavy atom. The van der Waals surface area contributed by atoms with Crippen molar-refractivity contribution in [2.75, 3.05) is 13.1 Å². The molecule has 0 bridgehead atoms. The summed E-state index contributed by atoms with van der Waals surface area (Å²) in [5, 5.41) is 8.17. The van der Waals surface area contributed by atoms with Crippen LogP contribution >= 0.6 is 0 Å². The van der Waals surface area contributed by atoms with E-state index in [2.05, 4.69) is 20.2 Å². The Morgan fingerprint density at radius 3 is 3.00 bits per heavy atom. The molecule has 1 unspecified atom stereocenters. The first-order valence-electron chi connectivity index (χ1n) is 9.12. The number of pyridine rings is 1. The molecule has 0 spiro atoms. The Bertz CT molecular complexity index is 955. The second-order valence-electron chi connectivity index (χ2n) is 6.85. The summed E-state index contributed by atoms with van der Waals surface area (Å²) in [5.74, 6) is 0.624. The molecule has 3 aromatic rings. The lowest BCUT2D eigenvalue weighted by Crippen LogP contribution is -2.43. The molecule has 1 aliphatic heterocycles. The number of aromatic nitrogens is 5. The normalized spacial score (nSPS) is 17.4. The molecule has 0 aliphatic carbocycles. The van der Waals surface area contributed by atoms with E-state index in [1.165, 1.54) is 0 Å². The van der Waals surface area contributed by atoms with Gasteiger partial charge in [0.15, 0.2) is 0 Å². The fourth-order valence-electron chi connectivity index (χ4n) is 3.46. The van der Waals surface area contributed by atoms with Gasteiger partial charge in [-0.25, -0.2) is 4.98 Å². The van der Waals surface area contributed by atoms with Gasteiger partial charge in [0.2, 0.25) is 5.82 Å². The number of likely N-dealkylation sites (tertiary alicyclic amines) is 1. The number of aryl methyl sites for hydroxylation is 2. The Morgan fingerprint density at radius 1 is 1.30 bits per heavy atom. The molecule has 8 nitrogen and oxygen atoms in total. The number of piperidine rings is 1. The largest absolute Gasteiger partial charge is 0.370 e. The average Bonchev–Trinajstić information content (AvgIpc) is 3.11. The van der Waals surface area contributed by atoms with Crippen LogP contribution in [-0.2, 0) is 11.3 Å². The van der Waals surface area contributed by atoms with Gasteiger partial charge in [-0.1, -0.05) is 6.07 Å². The smallest absolute Gasteiger partial charge is 0.292 e. The first-order valence-corrected chi connectivity index (χ1v) is 9.12. The second kappa shape index (κ2) is 7.40. The summed E-state index contributed by atoms with van der Waals surface area (Å²) in [6.07, 6.45) is 3.57. The molecule has 8 heteroatoms. The lowest BCUT2D eigenvalue weighted by Gasteiger charge is -2.32. The average molecular weight is 366 g/mol. The molecule has 27 heavy (non-hydrogen) atoms. The minimum absolute atomic E-state index is 0.00893. The van der Waals surface area contributed by atoms with Gasteiger partial charge in [-0.05, 0) is 44.9 Å². The molecule has 140 valence electrons. The molecular formula is C19H22N6O2. The van der Waals surface area contributed by atoms with Crippen molar-refractivity contribution in [2.24, 2.45) is 0 Å². The molecule has 1 amide bonds. The van der Waals surface area contributed by atoms with E-state index in [1.807, 2.05) is 38.1 Å². The number of hydrogen-bond acceptors (Lipinski definition) is 6. The summed E-state index contributed by atoms with van der Waals surface area (Å²) >= 11 is 0. The number of ether oxygens (including phenoxy) is 1. The van der Waals surface area contributed by atoms with E-state index in [0.29, 0.717) is 31.3 Å². The van der Waals surface area contributed by atoms with Crippen LogP contribution in [0, 0.1) is 13.8 Å². The summed E-state index contributed by atoms with van der Waals surface area (Å²) in [7, 11) is 0. The standard InChI is InChI=1S/C19H22N6O2/c1-13-10-14(2)25-17(22-23-19(25)21-13)18(26)24-9-5-7-16(11-24)27-12-15-6-3-4-8-20-15/h3-4,6,8,10,16H,5,7,9,11-12H2,1-2H3. The van der Waals surface area contributed by atoms with E-state index in [9.17, 15) is 4.79 Å². The molecule has 0 N–H and O–H groups in total. The molecule has 1 aliphatic rings. The molecular weight excluding hydrogens is 344 g/mol. The zero-order valence-electron chi connectivity index (χ0n) is 15.5. The van der Waals surface area contributed by atoms with E-state index in [0.717, 1.165) is 29.9 Å². The van der Waals surface area contributed by atoms with Gasteiger partial charge in [0.05, 0.1) is 18.4 Å². The Balaban J connectivity index is 1.47. The van der Waals surface area contributed by atoms with Crippen LogP contribution in [0.15, 0.2) is 30.5 Å². The number of rotatable bonds is 4. The van der Waals surface area contributed by atoms with Crippen LogP contribution in [0.2, 0.25) is 0 Å². The fourth-order valence-corrected chi connectivity index (χ4v) is 3.46. The number of hydrogen-bond donors (Lipinski definition) is 0. The summed E-state index contributed by atoms with van der Waals surface area (Å²) in [6.45, 7) is 5.51.